The third-order valence-electron chi connectivity index (χ3n) is 4.95. The molecule has 0 bridgehead atoms. The van der Waals surface area contributed by atoms with Crippen LogP contribution in [0.2, 0.25) is 0 Å². The van der Waals surface area contributed by atoms with Gasteiger partial charge in [-0.05, 0) is 81.1 Å². The van der Waals surface area contributed by atoms with E-state index in [0.717, 1.165) is 18.8 Å². The molecule has 1 N–H and O–H groups in total. The summed E-state index contributed by atoms with van der Waals surface area (Å²) in [6, 6.07) is 15.1. The topological polar surface area (TPSA) is 58.6 Å². The molecule has 28 heavy (non-hydrogen) atoms. The standard InChI is InChI=1S/C23H28N2O3/c1-18(26)19-7-13-22(14-8-19)28-17-5-6-23(27)24-20-9-11-21(12-10-20)25-15-3-2-4-16-25/h7-14H,2-6,15-17H2,1H3,(H,24,27). The number of amides is 1. The van der Waals surface area contributed by atoms with Gasteiger partial charge in [0, 0.05) is 36.4 Å². The van der Waals surface area contributed by atoms with Crippen LogP contribution in [0.3, 0.4) is 0 Å². The number of piperidine rings is 1. The highest BCUT2D eigenvalue weighted by Crippen LogP contribution is 2.22. The molecule has 1 aliphatic rings. The van der Waals surface area contributed by atoms with Gasteiger partial charge in [0.25, 0.3) is 0 Å². The molecule has 2 aromatic rings. The molecule has 3 rings (SSSR count). The summed E-state index contributed by atoms with van der Waals surface area (Å²) < 4.78 is 5.63. The van der Waals surface area contributed by atoms with Crippen molar-refractivity contribution >= 4 is 23.1 Å². The van der Waals surface area contributed by atoms with Gasteiger partial charge in [0.1, 0.15) is 5.75 Å². The molecule has 148 valence electrons. The Balaban J connectivity index is 1.37. The van der Waals surface area contributed by atoms with E-state index in [1.54, 1.807) is 24.3 Å². The Bertz CT molecular complexity index is 778. The maximum atomic E-state index is 12.1. The molecule has 0 radical (unpaired) electrons. The largest absolute Gasteiger partial charge is 0.494 e. The molecule has 5 heteroatoms. The first-order valence-electron chi connectivity index (χ1n) is 10.0. The number of ketones is 1. The zero-order valence-electron chi connectivity index (χ0n) is 16.4. The van der Waals surface area contributed by atoms with E-state index in [1.807, 2.05) is 12.1 Å². The summed E-state index contributed by atoms with van der Waals surface area (Å²) in [5.74, 6) is 0.729. The molecule has 1 saturated heterocycles. The molecule has 1 aliphatic heterocycles. The highest BCUT2D eigenvalue weighted by atomic mass is 16.5. The van der Waals surface area contributed by atoms with E-state index >= 15 is 0 Å². The lowest BCUT2D eigenvalue weighted by atomic mass is 10.1. The minimum Gasteiger partial charge on any atom is -0.494 e. The summed E-state index contributed by atoms with van der Waals surface area (Å²) in [6.07, 6.45) is 4.85. The molecule has 1 fully saturated rings. The van der Waals surface area contributed by atoms with Crippen LogP contribution < -0.4 is 15.0 Å². The summed E-state index contributed by atoms with van der Waals surface area (Å²) >= 11 is 0. The third kappa shape index (κ3) is 5.84. The highest BCUT2D eigenvalue weighted by Gasteiger charge is 2.11. The van der Waals surface area contributed by atoms with Crippen molar-refractivity contribution in [1.29, 1.82) is 0 Å². The van der Waals surface area contributed by atoms with Crippen LogP contribution >= 0.6 is 0 Å². The van der Waals surface area contributed by atoms with Crippen LogP contribution in [-0.4, -0.2) is 31.4 Å². The quantitative estimate of drug-likeness (QED) is 0.534. The fraction of sp³-hybridized carbons (Fsp3) is 0.391. The Morgan fingerprint density at radius 2 is 1.64 bits per heavy atom. The van der Waals surface area contributed by atoms with E-state index in [2.05, 4.69) is 22.3 Å². The second kappa shape index (κ2) is 9.93. The van der Waals surface area contributed by atoms with E-state index < -0.39 is 0 Å². The molecule has 0 unspecified atom stereocenters. The Labute approximate surface area is 166 Å². The number of ether oxygens (including phenoxy) is 1. The molecular weight excluding hydrogens is 352 g/mol. The lowest BCUT2D eigenvalue weighted by Crippen LogP contribution is -2.29. The molecule has 1 amide bonds. The molecule has 0 saturated carbocycles. The molecule has 5 nitrogen and oxygen atoms in total. The number of hydrogen-bond acceptors (Lipinski definition) is 4. The monoisotopic (exact) mass is 380 g/mol. The van der Waals surface area contributed by atoms with Gasteiger partial charge in [0.2, 0.25) is 5.91 Å². The number of carbonyl (C=O) groups is 2. The zero-order valence-corrected chi connectivity index (χ0v) is 16.4. The lowest BCUT2D eigenvalue weighted by Gasteiger charge is -2.28. The minimum absolute atomic E-state index is 0.0127. The number of Topliss-reactive ketones (excluding diaryl/α,β-unsaturated/α-hetero) is 1. The average molecular weight is 380 g/mol. The van der Waals surface area contributed by atoms with Crippen molar-refractivity contribution in [2.45, 2.75) is 39.0 Å². The van der Waals surface area contributed by atoms with Crippen molar-refractivity contribution < 1.29 is 14.3 Å². The fourth-order valence-electron chi connectivity index (χ4n) is 3.34. The predicted molar refractivity (Wildman–Crippen MR) is 112 cm³/mol. The van der Waals surface area contributed by atoms with E-state index in [9.17, 15) is 9.59 Å². The first-order chi connectivity index (χ1) is 13.6. The van der Waals surface area contributed by atoms with Gasteiger partial charge < -0.3 is 15.0 Å². The van der Waals surface area contributed by atoms with Gasteiger partial charge in [-0.2, -0.15) is 0 Å². The maximum Gasteiger partial charge on any atom is 0.224 e. The van der Waals surface area contributed by atoms with Gasteiger partial charge in [0.15, 0.2) is 5.78 Å². The summed E-state index contributed by atoms with van der Waals surface area (Å²) in [7, 11) is 0. The number of nitrogens with zero attached hydrogens (tertiary/aromatic N) is 1. The van der Waals surface area contributed by atoms with E-state index in [-0.39, 0.29) is 11.7 Å². The van der Waals surface area contributed by atoms with Gasteiger partial charge in [0.05, 0.1) is 6.61 Å². The highest BCUT2D eigenvalue weighted by molar-refractivity contribution is 5.94. The first-order valence-corrected chi connectivity index (χ1v) is 10.0. The minimum atomic E-state index is -0.0127. The van der Waals surface area contributed by atoms with Crippen molar-refractivity contribution in [2.24, 2.45) is 0 Å². The van der Waals surface area contributed by atoms with Crippen LogP contribution in [0.4, 0.5) is 11.4 Å². The SMILES string of the molecule is CC(=O)c1ccc(OCCCC(=O)Nc2ccc(N3CCCCC3)cc2)cc1. The van der Waals surface area contributed by atoms with Crippen LogP contribution in [0.15, 0.2) is 48.5 Å². The Kier molecular flexibility index (Phi) is 7.06. The normalized spacial score (nSPS) is 13.8. The van der Waals surface area contributed by atoms with Crippen molar-refractivity contribution in [3.05, 3.63) is 54.1 Å². The maximum absolute atomic E-state index is 12.1. The molecule has 2 aromatic carbocycles. The zero-order chi connectivity index (χ0) is 19.8. The smallest absolute Gasteiger partial charge is 0.224 e. The van der Waals surface area contributed by atoms with Crippen molar-refractivity contribution in [1.82, 2.24) is 0 Å². The van der Waals surface area contributed by atoms with Crippen LogP contribution in [0, 0.1) is 0 Å². The second-order valence-electron chi connectivity index (χ2n) is 7.18. The number of benzene rings is 2. The molecule has 0 atom stereocenters. The summed E-state index contributed by atoms with van der Waals surface area (Å²) in [6.45, 7) is 4.22. The van der Waals surface area contributed by atoms with Crippen LogP contribution in [0.25, 0.3) is 0 Å². The molecule has 0 aliphatic carbocycles. The van der Waals surface area contributed by atoms with E-state index in [0.29, 0.717) is 30.8 Å². The van der Waals surface area contributed by atoms with Gasteiger partial charge in [-0.1, -0.05) is 0 Å². The van der Waals surface area contributed by atoms with Crippen LogP contribution in [0.1, 0.15) is 49.4 Å². The number of carbonyl (C=O) groups excluding carboxylic acids is 2. The van der Waals surface area contributed by atoms with Crippen LogP contribution in [-0.2, 0) is 4.79 Å². The van der Waals surface area contributed by atoms with Gasteiger partial charge in [-0.15, -0.1) is 0 Å². The van der Waals surface area contributed by atoms with E-state index in [1.165, 1.54) is 31.9 Å². The number of rotatable bonds is 8. The molecule has 0 aromatic heterocycles. The van der Waals surface area contributed by atoms with Gasteiger partial charge in [-0.25, -0.2) is 0 Å². The number of nitrogens with one attached hydrogen (secondary N) is 1. The predicted octanol–water partition coefficient (Wildman–Crippen LogP) is 4.68. The molecular formula is C23H28N2O3. The Morgan fingerprint density at radius 3 is 2.29 bits per heavy atom. The summed E-state index contributed by atoms with van der Waals surface area (Å²) in [4.78, 5) is 25.8. The van der Waals surface area contributed by atoms with Crippen LogP contribution in [0.5, 0.6) is 5.75 Å². The average Bonchev–Trinajstić information content (AvgIpc) is 2.73. The first kappa shape index (κ1) is 19.9. The second-order valence-corrected chi connectivity index (χ2v) is 7.18. The summed E-state index contributed by atoms with van der Waals surface area (Å²) in [5.41, 5.74) is 2.71. The number of hydrogen-bond donors (Lipinski definition) is 1. The fourth-order valence-corrected chi connectivity index (χ4v) is 3.34. The third-order valence-corrected chi connectivity index (χ3v) is 4.95. The lowest BCUT2D eigenvalue weighted by molar-refractivity contribution is -0.116. The van der Waals surface area contributed by atoms with Crippen molar-refractivity contribution in [3.63, 3.8) is 0 Å². The van der Waals surface area contributed by atoms with Crippen molar-refractivity contribution in [2.75, 3.05) is 29.9 Å². The van der Waals surface area contributed by atoms with E-state index in [4.69, 9.17) is 4.74 Å². The van der Waals surface area contributed by atoms with Gasteiger partial charge >= 0.3 is 0 Å². The number of anilines is 2. The molecule has 0 spiro atoms. The van der Waals surface area contributed by atoms with Gasteiger partial charge in [-0.3, -0.25) is 9.59 Å². The summed E-state index contributed by atoms with van der Waals surface area (Å²) in [5, 5.41) is 2.94. The van der Waals surface area contributed by atoms with Crippen molar-refractivity contribution in [3.8, 4) is 5.75 Å². The Morgan fingerprint density at radius 1 is 0.964 bits per heavy atom. The Hall–Kier alpha value is -2.82. The molecule has 1 heterocycles.